The summed E-state index contributed by atoms with van der Waals surface area (Å²) in [4.78, 5) is 0. The van der Waals surface area contributed by atoms with E-state index >= 15 is 0 Å². The zero-order valence-corrected chi connectivity index (χ0v) is 17.8. The number of hydrogen-bond donors (Lipinski definition) is 1. The van der Waals surface area contributed by atoms with Gasteiger partial charge in [0.25, 0.3) is 0 Å². The molecule has 0 saturated carbocycles. The molecule has 0 unspecified atom stereocenters. The minimum atomic E-state index is -2.31. The molecule has 0 spiro atoms. The van der Waals surface area contributed by atoms with Crippen LogP contribution in [0.15, 0.2) is 21.8 Å². The van der Waals surface area contributed by atoms with E-state index in [1.165, 1.54) is 51.8 Å². The summed E-state index contributed by atoms with van der Waals surface area (Å²) in [5, 5.41) is 9.50. The van der Waals surface area contributed by atoms with Gasteiger partial charge in [0.1, 0.15) is 0 Å². The van der Waals surface area contributed by atoms with Gasteiger partial charge in [-0.1, -0.05) is 0 Å². The Morgan fingerprint density at radius 1 is 0.857 bits per heavy atom. The number of aliphatic hydroxyl groups excluding tert-OH is 1. The van der Waals surface area contributed by atoms with E-state index in [-0.39, 0.29) is 6.61 Å². The molecule has 0 aromatic rings. The predicted octanol–water partition coefficient (Wildman–Crippen LogP) is 6.26. The molecular formula is C19H38OSn. The minimum absolute atomic E-state index is 0.215. The van der Waals surface area contributed by atoms with E-state index in [9.17, 15) is 5.11 Å². The normalized spacial score (nSPS) is 13.3. The molecule has 0 aliphatic carbocycles. The van der Waals surface area contributed by atoms with Crippen LogP contribution in [0.3, 0.4) is 0 Å². The van der Waals surface area contributed by atoms with Crippen molar-refractivity contribution < 1.29 is 5.11 Å². The summed E-state index contributed by atoms with van der Waals surface area (Å²) in [6.07, 6.45) is 16.0. The first-order valence-corrected chi connectivity index (χ1v) is 16.7. The molecule has 0 saturated heterocycles. The fourth-order valence-corrected chi connectivity index (χ4v) is 19.4. The van der Waals surface area contributed by atoms with Gasteiger partial charge < -0.3 is 0 Å². The Labute approximate surface area is 137 Å². The van der Waals surface area contributed by atoms with Crippen LogP contribution in [0.1, 0.15) is 72.6 Å². The van der Waals surface area contributed by atoms with Crippen molar-refractivity contribution in [2.45, 2.75) is 86.0 Å². The van der Waals surface area contributed by atoms with Gasteiger partial charge in [0.05, 0.1) is 0 Å². The van der Waals surface area contributed by atoms with Crippen molar-refractivity contribution in [3.8, 4) is 0 Å². The molecule has 124 valence electrons. The second-order valence-electron chi connectivity index (χ2n) is 6.24. The van der Waals surface area contributed by atoms with Crippen molar-refractivity contribution in [3.63, 3.8) is 0 Å². The van der Waals surface area contributed by atoms with Crippen LogP contribution >= 0.6 is 0 Å². The molecule has 0 aromatic carbocycles. The van der Waals surface area contributed by atoms with Crippen LogP contribution in [0.2, 0.25) is 13.3 Å². The standard InChI is InChI=1S/C7H11O.3C4H9.Sn/c1-2-3-4-5-6-7-8;3*1-3-4-2;/h3-4,6,8H,2,7H2,1H3;3*1,3-4H2,2H3;/b4-3+,6-5?;;;;. The number of hydrogen-bond acceptors (Lipinski definition) is 1. The summed E-state index contributed by atoms with van der Waals surface area (Å²) >= 11 is -2.31. The van der Waals surface area contributed by atoms with E-state index < -0.39 is 18.4 Å². The van der Waals surface area contributed by atoms with Crippen LogP contribution in [0.25, 0.3) is 0 Å². The Kier molecular flexibility index (Phi) is 14.0. The quantitative estimate of drug-likeness (QED) is 0.285. The van der Waals surface area contributed by atoms with E-state index in [1.54, 1.807) is 3.59 Å². The molecule has 0 radical (unpaired) electrons. The molecule has 1 nitrogen and oxygen atoms in total. The van der Waals surface area contributed by atoms with Crippen molar-refractivity contribution in [2.24, 2.45) is 0 Å². The van der Waals surface area contributed by atoms with Crippen LogP contribution in [-0.4, -0.2) is 30.1 Å². The van der Waals surface area contributed by atoms with Gasteiger partial charge in [-0.3, -0.25) is 0 Å². The molecule has 0 amide bonds. The van der Waals surface area contributed by atoms with Crippen LogP contribution in [0, 0.1) is 0 Å². The van der Waals surface area contributed by atoms with E-state index in [0.717, 1.165) is 6.42 Å². The zero-order valence-electron chi connectivity index (χ0n) is 15.0. The molecule has 0 aliphatic rings. The van der Waals surface area contributed by atoms with Crippen molar-refractivity contribution in [3.05, 3.63) is 21.8 Å². The van der Waals surface area contributed by atoms with Gasteiger partial charge in [0.15, 0.2) is 0 Å². The fraction of sp³-hybridized carbons (Fsp3) is 0.789. The van der Waals surface area contributed by atoms with E-state index in [4.69, 9.17) is 0 Å². The topological polar surface area (TPSA) is 20.2 Å². The van der Waals surface area contributed by atoms with Crippen molar-refractivity contribution >= 4 is 18.4 Å². The molecule has 0 aliphatic heterocycles. The average molecular weight is 401 g/mol. The fourth-order valence-electron chi connectivity index (χ4n) is 3.16. The molecule has 2 heteroatoms. The molecule has 0 atom stereocenters. The van der Waals surface area contributed by atoms with Crippen LogP contribution in [0.4, 0.5) is 0 Å². The second-order valence-corrected chi connectivity index (χ2v) is 19.5. The Morgan fingerprint density at radius 3 is 1.67 bits per heavy atom. The molecule has 21 heavy (non-hydrogen) atoms. The van der Waals surface area contributed by atoms with Crippen LogP contribution < -0.4 is 0 Å². The molecule has 0 heterocycles. The van der Waals surface area contributed by atoms with Crippen molar-refractivity contribution in [1.29, 1.82) is 0 Å². The van der Waals surface area contributed by atoms with Crippen molar-refractivity contribution in [2.75, 3.05) is 6.61 Å². The van der Waals surface area contributed by atoms with Gasteiger partial charge in [0.2, 0.25) is 0 Å². The molecule has 0 aromatic heterocycles. The average Bonchev–Trinajstić information content (AvgIpc) is 2.51. The summed E-state index contributed by atoms with van der Waals surface area (Å²) in [6, 6.07) is 0. The molecule has 0 fully saturated rings. The maximum atomic E-state index is 9.50. The molecular weight excluding hydrogens is 363 g/mol. The van der Waals surface area contributed by atoms with Gasteiger partial charge in [-0.2, -0.15) is 0 Å². The monoisotopic (exact) mass is 402 g/mol. The van der Waals surface area contributed by atoms with Crippen LogP contribution in [0.5, 0.6) is 0 Å². The second kappa shape index (κ2) is 13.9. The first-order chi connectivity index (χ1) is 10.2. The Bertz CT molecular complexity index is 272. The number of unbranched alkanes of at least 4 members (excludes halogenated alkanes) is 3. The van der Waals surface area contributed by atoms with Gasteiger partial charge in [-0.15, -0.1) is 0 Å². The first kappa shape index (κ1) is 21.2. The van der Waals surface area contributed by atoms with Gasteiger partial charge in [-0.25, -0.2) is 0 Å². The predicted molar refractivity (Wildman–Crippen MR) is 99.5 cm³/mol. The Balaban J connectivity index is 5.40. The number of allylic oxidation sites excluding steroid dienone is 3. The molecule has 0 bridgehead atoms. The SMILES string of the molecule is CC/C=C/[C](=C\CO)[Sn]([CH2]CCC)([CH2]CCC)[CH2]CCC. The summed E-state index contributed by atoms with van der Waals surface area (Å²) < 4.78 is 6.03. The third-order valence-corrected chi connectivity index (χ3v) is 20.3. The Morgan fingerprint density at radius 2 is 1.33 bits per heavy atom. The first-order valence-electron chi connectivity index (χ1n) is 9.18. The van der Waals surface area contributed by atoms with Gasteiger partial charge >= 0.3 is 138 Å². The summed E-state index contributed by atoms with van der Waals surface area (Å²) in [6.45, 7) is 9.36. The van der Waals surface area contributed by atoms with Gasteiger partial charge in [0, 0.05) is 0 Å². The summed E-state index contributed by atoms with van der Waals surface area (Å²) in [5.74, 6) is 0. The third-order valence-electron chi connectivity index (χ3n) is 4.48. The van der Waals surface area contributed by atoms with Gasteiger partial charge in [-0.05, 0) is 0 Å². The molecule has 1 N–H and O–H groups in total. The molecule has 0 rings (SSSR count). The van der Waals surface area contributed by atoms with E-state index in [1.807, 2.05) is 0 Å². The van der Waals surface area contributed by atoms with Crippen molar-refractivity contribution in [1.82, 2.24) is 0 Å². The summed E-state index contributed by atoms with van der Waals surface area (Å²) in [7, 11) is 0. The third kappa shape index (κ3) is 8.44. The van der Waals surface area contributed by atoms with Crippen LogP contribution in [-0.2, 0) is 0 Å². The number of aliphatic hydroxyl groups is 1. The summed E-state index contributed by atoms with van der Waals surface area (Å²) in [5.41, 5.74) is 0. The zero-order chi connectivity index (χ0) is 16.0. The maximum absolute atomic E-state index is 9.50. The van der Waals surface area contributed by atoms with E-state index in [2.05, 4.69) is 45.9 Å². The number of rotatable bonds is 13. The Hall–Kier alpha value is 0.239. The van der Waals surface area contributed by atoms with E-state index in [0.29, 0.717) is 0 Å².